The first-order valence-corrected chi connectivity index (χ1v) is 8.32. The molecule has 0 aliphatic rings. The number of benzene rings is 1. The van der Waals surface area contributed by atoms with Gasteiger partial charge < -0.3 is 10.1 Å². The standard InChI is InChI=1S/C14H10F3N3O2S2/c15-14(16,17)22-8-3-4-10-11(6-8)24-13(19-10)20-12(21)18-7-9-2-1-5-23-9/h1-6H,7H2,(H2,18,19,20,21). The fourth-order valence-corrected chi connectivity index (χ4v) is 3.41. The van der Waals surface area contributed by atoms with Gasteiger partial charge in [0.2, 0.25) is 0 Å². The average molecular weight is 373 g/mol. The minimum absolute atomic E-state index is 0.290. The van der Waals surface area contributed by atoms with Crippen molar-refractivity contribution in [2.45, 2.75) is 12.9 Å². The predicted molar refractivity (Wildman–Crippen MR) is 86.5 cm³/mol. The molecule has 2 N–H and O–H groups in total. The molecule has 2 heterocycles. The van der Waals surface area contributed by atoms with Gasteiger partial charge in [0.1, 0.15) is 5.75 Å². The Kier molecular flexibility index (Phi) is 4.58. The molecule has 1 aromatic carbocycles. The molecule has 2 amide bonds. The van der Waals surface area contributed by atoms with Crippen molar-refractivity contribution in [3.05, 3.63) is 40.6 Å². The van der Waals surface area contributed by atoms with Gasteiger partial charge in [0.05, 0.1) is 16.8 Å². The second kappa shape index (κ2) is 6.65. The zero-order valence-corrected chi connectivity index (χ0v) is 13.5. The van der Waals surface area contributed by atoms with E-state index in [0.29, 0.717) is 16.8 Å². The highest BCUT2D eigenvalue weighted by molar-refractivity contribution is 7.22. The first-order valence-electron chi connectivity index (χ1n) is 6.63. The van der Waals surface area contributed by atoms with Gasteiger partial charge in [-0.1, -0.05) is 17.4 Å². The number of carbonyl (C=O) groups excluding carboxylic acids is 1. The Balaban J connectivity index is 1.65. The molecule has 0 spiro atoms. The second-order valence-electron chi connectivity index (χ2n) is 4.58. The van der Waals surface area contributed by atoms with Gasteiger partial charge in [0.25, 0.3) is 0 Å². The number of ether oxygens (including phenoxy) is 1. The van der Waals surface area contributed by atoms with Crippen LogP contribution in [0, 0.1) is 0 Å². The van der Waals surface area contributed by atoms with E-state index in [1.54, 1.807) is 0 Å². The third-order valence-electron chi connectivity index (χ3n) is 2.82. The highest BCUT2D eigenvalue weighted by Crippen LogP contribution is 2.31. The van der Waals surface area contributed by atoms with Crippen molar-refractivity contribution in [2.24, 2.45) is 0 Å². The lowest BCUT2D eigenvalue weighted by atomic mass is 10.3. The molecule has 0 aliphatic carbocycles. The molecule has 0 bridgehead atoms. The van der Waals surface area contributed by atoms with Crippen molar-refractivity contribution < 1.29 is 22.7 Å². The van der Waals surface area contributed by atoms with Gasteiger partial charge in [-0.25, -0.2) is 9.78 Å². The quantitative estimate of drug-likeness (QED) is 0.704. The maximum Gasteiger partial charge on any atom is 0.573 e. The molecular weight excluding hydrogens is 363 g/mol. The number of urea groups is 1. The summed E-state index contributed by atoms with van der Waals surface area (Å²) in [6.07, 6.45) is -4.75. The van der Waals surface area contributed by atoms with Crippen LogP contribution in [0.25, 0.3) is 10.2 Å². The molecule has 24 heavy (non-hydrogen) atoms. The predicted octanol–water partition coefficient (Wildman–Crippen LogP) is 4.58. The number of anilines is 1. The lowest BCUT2D eigenvalue weighted by molar-refractivity contribution is -0.274. The number of aromatic nitrogens is 1. The smallest absolute Gasteiger partial charge is 0.406 e. The Morgan fingerprint density at radius 3 is 2.83 bits per heavy atom. The Morgan fingerprint density at radius 1 is 1.29 bits per heavy atom. The summed E-state index contributed by atoms with van der Waals surface area (Å²) in [4.78, 5) is 17.0. The summed E-state index contributed by atoms with van der Waals surface area (Å²) in [5.41, 5.74) is 0.475. The number of hydrogen-bond acceptors (Lipinski definition) is 5. The minimum Gasteiger partial charge on any atom is -0.406 e. The van der Waals surface area contributed by atoms with E-state index in [1.807, 2.05) is 17.5 Å². The van der Waals surface area contributed by atoms with Crippen LogP contribution in [0.1, 0.15) is 4.88 Å². The number of nitrogens with zero attached hydrogens (tertiary/aromatic N) is 1. The van der Waals surface area contributed by atoms with Crippen LogP contribution in [-0.4, -0.2) is 17.4 Å². The molecule has 2 aromatic heterocycles. The zero-order chi connectivity index (χ0) is 17.2. The van der Waals surface area contributed by atoms with Crippen molar-refractivity contribution in [3.63, 3.8) is 0 Å². The first kappa shape index (κ1) is 16.5. The summed E-state index contributed by atoms with van der Waals surface area (Å²) in [6.45, 7) is 0.387. The summed E-state index contributed by atoms with van der Waals surface area (Å²) in [5.74, 6) is -0.327. The van der Waals surface area contributed by atoms with Gasteiger partial charge in [0, 0.05) is 10.9 Å². The molecule has 0 aliphatic heterocycles. The number of rotatable bonds is 4. The van der Waals surface area contributed by atoms with Crippen molar-refractivity contribution >= 4 is 44.1 Å². The van der Waals surface area contributed by atoms with Gasteiger partial charge >= 0.3 is 12.4 Å². The molecule has 3 rings (SSSR count). The largest absolute Gasteiger partial charge is 0.573 e. The fraction of sp³-hybridized carbons (Fsp3) is 0.143. The number of carbonyl (C=O) groups is 1. The van der Waals surface area contributed by atoms with E-state index < -0.39 is 12.4 Å². The highest BCUT2D eigenvalue weighted by Gasteiger charge is 2.31. The number of amides is 2. The summed E-state index contributed by atoms with van der Waals surface area (Å²) < 4.78 is 41.0. The summed E-state index contributed by atoms with van der Waals surface area (Å²) >= 11 is 2.58. The second-order valence-corrected chi connectivity index (χ2v) is 6.65. The maximum atomic E-state index is 12.2. The zero-order valence-electron chi connectivity index (χ0n) is 11.9. The molecule has 5 nitrogen and oxygen atoms in total. The number of thiazole rings is 1. The lowest BCUT2D eigenvalue weighted by Gasteiger charge is -2.07. The molecule has 0 unspecified atom stereocenters. The SMILES string of the molecule is O=C(NCc1cccs1)Nc1nc2ccc(OC(F)(F)F)cc2s1. The summed E-state index contributed by atoms with van der Waals surface area (Å²) in [6, 6.07) is 7.15. The highest BCUT2D eigenvalue weighted by atomic mass is 32.1. The summed E-state index contributed by atoms with van der Waals surface area (Å²) in [5, 5.41) is 7.43. The van der Waals surface area contributed by atoms with E-state index in [4.69, 9.17) is 0 Å². The van der Waals surface area contributed by atoms with Crippen LogP contribution >= 0.6 is 22.7 Å². The summed E-state index contributed by atoms with van der Waals surface area (Å²) in [7, 11) is 0. The molecule has 0 saturated heterocycles. The van der Waals surface area contributed by atoms with E-state index in [0.717, 1.165) is 16.2 Å². The Bertz CT molecular complexity index is 847. The van der Waals surface area contributed by atoms with E-state index in [2.05, 4.69) is 20.4 Å². The van der Waals surface area contributed by atoms with E-state index >= 15 is 0 Å². The Hall–Kier alpha value is -2.33. The number of hydrogen-bond donors (Lipinski definition) is 2. The van der Waals surface area contributed by atoms with E-state index in [-0.39, 0.29) is 10.9 Å². The Labute approximate surface area is 142 Å². The van der Waals surface area contributed by atoms with Crippen molar-refractivity contribution in [1.82, 2.24) is 10.3 Å². The third kappa shape index (κ3) is 4.36. The van der Waals surface area contributed by atoms with Gasteiger partial charge in [0.15, 0.2) is 5.13 Å². The number of thiophene rings is 1. The molecule has 10 heteroatoms. The van der Waals surface area contributed by atoms with Crippen molar-refractivity contribution in [2.75, 3.05) is 5.32 Å². The van der Waals surface area contributed by atoms with Gasteiger partial charge in [-0.2, -0.15) is 0 Å². The van der Waals surface area contributed by atoms with Crippen LogP contribution in [0.2, 0.25) is 0 Å². The molecule has 0 fully saturated rings. The van der Waals surface area contributed by atoms with E-state index in [9.17, 15) is 18.0 Å². The Morgan fingerprint density at radius 2 is 2.12 bits per heavy atom. The minimum atomic E-state index is -4.75. The van der Waals surface area contributed by atoms with Gasteiger partial charge in [-0.15, -0.1) is 24.5 Å². The number of halogens is 3. The molecule has 126 valence electrons. The topological polar surface area (TPSA) is 63.2 Å². The van der Waals surface area contributed by atoms with Crippen LogP contribution in [0.5, 0.6) is 5.75 Å². The maximum absolute atomic E-state index is 12.2. The molecule has 0 radical (unpaired) electrons. The normalized spacial score (nSPS) is 11.5. The molecular formula is C14H10F3N3O2S2. The number of alkyl halides is 3. The molecule has 3 aromatic rings. The monoisotopic (exact) mass is 373 g/mol. The molecule has 0 saturated carbocycles. The van der Waals surface area contributed by atoms with E-state index in [1.165, 1.54) is 29.5 Å². The number of nitrogens with one attached hydrogen (secondary N) is 2. The van der Waals surface area contributed by atoms with Crippen LogP contribution in [0.3, 0.4) is 0 Å². The lowest BCUT2D eigenvalue weighted by Crippen LogP contribution is -2.27. The molecule has 0 atom stereocenters. The fourth-order valence-electron chi connectivity index (χ4n) is 1.88. The number of fused-ring (bicyclic) bond motifs is 1. The first-order chi connectivity index (χ1) is 11.4. The van der Waals surface area contributed by atoms with Crippen LogP contribution in [0.4, 0.5) is 23.1 Å². The van der Waals surface area contributed by atoms with Gasteiger partial charge in [-0.05, 0) is 23.6 Å². The van der Waals surface area contributed by atoms with Crippen molar-refractivity contribution in [1.29, 1.82) is 0 Å². The van der Waals surface area contributed by atoms with Gasteiger partial charge in [-0.3, -0.25) is 5.32 Å². The average Bonchev–Trinajstić information content (AvgIpc) is 3.11. The van der Waals surface area contributed by atoms with Crippen LogP contribution < -0.4 is 15.4 Å². The third-order valence-corrected chi connectivity index (χ3v) is 4.63. The van der Waals surface area contributed by atoms with Crippen LogP contribution in [0.15, 0.2) is 35.7 Å². The van der Waals surface area contributed by atoms with Crippen molar-refractivity contribution in [3.8, 4) is 5.75 Å². The van der Waals surface area contributed by atoms with Crippen LogP contribution in [-0.2, 0) is 6.54 Å².